The molecule has 1 aliphatic rings. The molecule has 0 unspecified atom stereocenters. The second-order valence-corrected chi connectivity index (χ2v) is 4.92. The summed E-state index contributed by atoms with van der Waals surface area (Å²) in [5, 5.41) is 0. The van der Waals surface area contributed by atoms with Gasteiger partial charge in [0.05, 0.1) is 14.2 Å². The van der Waals surface area contributed by atoms with Gasteiger partial charge in [-0.2, -0.15) is 0 Å². The van der Waals surface area contributed by atoms with E-state index in [-0.39, 0.29) is 5.41 Å². The first-order valence-electron chi connectivity index (χ1n) is 6.02. The highest BCUT2D eigenvalue weighted by molar-refractivity contribution is 5.58. The second kappa shape index (κ2) is 4.22. The van der Waals surface area contributed by atoms with Gasteiger partial charge in [-0.1, -0.05) is 6.07 Å². The Morgan fingerprint density at radius 3 is 2.18 bits per heavy atom. The third-order valence-electron chi connectivity index (χ3n) is 3.97. The first kappa shape index (κ1) is 12.2. The molecule has 0 heterocycles. The van der Waals surface area contributed by atoms with Crippen molar-refractivity contribution in [3.63, 3.8) is 0 Å². The molecule has 17 heavy (non-hydrogen) atoms. The van der Waals surface area contributed by atoms with E-state index >= 15 is 0 Å². The van der Waals surface area contributed by atoms with E-state index < -0.39 is 0 Å². The molecule has 1 aromatic rings. The maximum absolute atomic E-state index is 5.91. The van der Waals surface area contributed by atoms with Gasteiger partial charge in [0.2, 0.25) is 0 Å². The molecule has 0 aromatic heterocycles. The fourth-order valence-electron chi connectivity index (χ4n) is 2.44. The zero-order valence-corrected chi connectivity index (χ0v) is 11.1. The average molecular weight is 235 g/mol. The third kappa shape index (κ3) is 1.78. The number of benzene rings is 1. The van der Waals surface area contributed by atoms with Crippen LogP contribution in [0.3, 0.4) is 0 Å². The van der Waals surface area contributed by atoms with Gasteiger partial charge in [-0.25, -0.2) is 0 Å². The number of aryl methyl sites for hydroxylation is 1. The fraction of sp³-hybridized carbons (Fsp3) is 0.571. The predicted octanol–water partition coefficient (Wildman–Crippen LogP) is 2.31. The number of rotatable bonds is 4. The number of ether oxygens (including phenoxy) is 2. The molecule has 0 spiro atoms. The van der Waals surface area contributed by atoms with Crippen molar-refractivity contribution in [3.8, 4) is 11.5 Å². The van der Waals surface area contributed by atoms with Crippen LogP contribution in [0.15, 0.2) is 6.07 Å². The number of methoxy groups -OCH3 is 2. The van der Waals surface area contributed by atoms with Crippen molar-refractivity contribution in [3.05, 3.63) is 22.8 Å². The van der Waals surface area contributed by atoms with Crippen LogP contribution in [-0.2, 0) is 5.41 Å². The Bertz CT molecular complexity index is 436. The summed E-state index contributed by atoms with van der Waals surface area (Å²) < 4.78 is 11.0. The van der Waals surface area contributed by atoms with Gasteiger partial charge in [-0.3, -0.25) is 0 Å². The number of hydrogen-bond acceptors (Lipinski definition) is 3. The predicted molar refractivity (Wildman–Crippen MR) is 69.0 cm³/mol. The SMILES string of the molecule is COc1c(C2(CN)CC2)cc(C)c(C)c1OC. The molecular weight excluding hydrogens is 214 g/mol. The maximum atomic E-state index is 5.91. The minimum atomic E-state index is 0.122. The minimum absolute atomic E-state index is 0.122. The van der Waals surface area contributed by atoms with E-state index in [1.54, 1.807) is 14.2 Å². The van der Waals surface area contributed by atoms with Gasteiger partial charge >= 0.3 is 0 Å². The van der Waals surface area contributed by atoms with Gasteiger partial charge in [0.25, 0.3) is 0 Å². The van der Waals surface area contributed by atoms with Crippen LogP contribution < -0.4 is 15.2 Å². The number of nitrogens with two attached hydrogens (primary N) is 1. The number of hydrogen-bond donors (Lipinski definition) is 1. The molecular formula is C14H21NO2. The molecule has 0 saturated heterocycles. The third-order valence-corrected chi connectivity index (χ3v) is 3.97. The van der Waals surface area contributed by atoms with Gasteiger partial charge < -0.3 is 15.2 Å². The first-order valence-corrected chi connectivity index (χ1v) is 6.02. The van der Waals surface area contributed by atoms with E-state index in [4.69, 9.17) is 15.2 Å². The van der Waals surface area contributed by atoms with Gasteiger partial charge in [-0.05, 0) is 37.8 Å². The van der Waals surface area contributed by atoms with Crippen LogP contribution in [0, 0.1) is 13.8 Å². The Balaban J connectivity index is 2.63. The standard InChI is InChI=1S/C14H21NO2/c1-9-7-11(14(8-15)5-6-14)13(17-4)12(16-3)10(9)2/h7H,5-6,8,15H2,1-4H3. The zero-order chi connectivity index (χ0) is 12.6. The van der Waals surface area contributed by atoms with Crippen molar-refractivity contribution in [1.29, 1.82) is 0 Å². The fourth-order valence-corrected chi connectivity index (χ4v) is 2.44. The van der Waals surface area contributed by atoms with Crippen LogP contribution in [-0.4, -0.2) is 20.8 Å². The monoisotopic (exact) mass is 235 g/mol. The molecule has 0 amide bonds. The Kier molecular flexibility index (Phi) is 3.04. The Morgan fingerprint density at radius 2 is 1.76 bits per heavy atom. The molecule has 3 nitrogen and oxygen atoms in total. The topological polar surface area (TPSA) is 44.5 Å². The van der Waals surface area contributed by atoms with Crippen molar-refractivity contribution in [2.45, 2.75) is 32.1 Å². The molecule has 0 radical (unpaired) electrons. The van der Waals surface area contributed by atoms with Crippen molar-refractivity contribution in [2.24, 2.45) is 5.73 Å². The Labute approximate surface area is 103 Å². The molecule has 94 valence electrons. The van der Waals surface area contributed by atoms with Crippen LogP contribution in [0.4, 0.5) is 0 Å². The van der Waals surface area contributed by atoms with E-state index in [9.17, 15) is 0 Å². The van der Waals surface area contributed by atoms with Crippen molar-refractivity contribution >= 4 is 0 Å². The van der Waals surface area contributed by atoms with Gasteiger partial charge in [0.1, 0.15) is 0 Å². The summed E-state index contributed by atoms with van der Waals surface area (Å²) >= 11 is 0. The van der Waals surface area contributed by atoms with E-state index in [2.05, 4.69) is 19.9 Å². The average Bonchev–Trinajstić information content (AvgIpc) is 3.12. The van der Waals surface area contributed by atoms with Gasteiger partial charge in [0.15, 0.2) is 11.5 Å². The molecule has 0 atom stereocenters. The second-order valence-electron chi connectivity index (χ2n) is 4.92. The van der Waals surface area contributed by atoms with Crippen molar-refractivity contribution < 1.29 is 9.47 Å². The quantitative estimate of drug-likeness (QED) is 0.871. The summed E-state index contributed by atoms with van der Waals surface area (Å²) in [4.78, 5) is 0. The lowest BCUT2D eigenvalue weighted by atomic mass is 9.91. The molecule has 3 heteroatoms. The van der Waals surface area contributed by atoms with Crippen LogP contribution in [0.2, 0.25) is 0 Å². The largest absolute Gasteiger partial charge is 0.493 e. The smallest absolute Gasteiger partial charge is 0.164 e. The highest BCUT2D eigenvalue weighted by atomic mass is 16.5. The molecule has 2 N–H and O–H groups in total. The van der Waals surface area contributed by atoms with E-state index in [0.29, 0.717) is 6.54 Å². The van der Waals surface area contributed by atoms with Crippen LogP contribution in [0.25, 0.3) is 0 Å². The highest BCUT2D eigenvalue weighted by Crippen LogP contribution is 2.53. The molecule has 1 fully saturated rings. The lowest BCUT2D eigenvalue weighted by molar-refractivity contribution is 0.346. The summed E-state index contributed by atoms with van der Waals surface area (Å²) in [6.07, 6.45) is 2.29. The molecule has 0 bridgehead atoms. The van der Waals surface area contributed by atoms with Gasteiger partial charge in [0, 0.05) is 17.5 Å². The zero-order valence-electron chi connectivity index (χ0n) is 11.1. The molecule has 1 aliphatic carbocycles. The molecule has 2 rings (SSSR count). The summed E-state index contributed by atoms with van der Waals surface area (Å²) in [6.45, 7) is 4.84. The van der Waals surface area contributed by atoms with Crippen LogP contribution in [0.1, 0.15) is 29.5 Å². The molecule has 1 saturated carbocycles. The van der Waals surface area contributed by atoms with E-state index in [0.717, 1.165) is 29.9 Å². The van der Waals surface area contributed by atoms with E-state index in [1.807, 2.05) is 0 Å². The summed E-state index contributed by atoms with van der Waals surface area (Å²) in [5.41, 5.74) is 9.61. The lowest BCUT2D eigenvalue weighted by Gasteiger charge is -2.22. The Hall–Kier alpha value is -1.22. The minimum Gasteiger partial charge on any atom is -0.493 e. The van der Waals surface area contributed by atoms with Crippen LogP contribution in [0.5, 0.6) is 11.5 Å². The van der Waals surface area contributed by atoms with E-state index in [1.165, 1.54) is 11.1 Å². The summed E-state index contributed by atoms with van der Waals surface area (Å²) in [6, 6.07) is 2.20. The normalized spacial score (nSPS) is 16.8. The first-order chi connectivity index (χ1) is 8.09. The van der Waals surface area contributed by atoms with Crippen molar-refractivity contribution in [2.75, 3.05) is 20.8 Å². The lowest BCUT2D eigenvalue weighted by Crippen LogP contribution is -2.21. The maximum Gasteiger partial charge on any atom is 0.164 e. The highest BCUT2D eigenvalue weighted by Gasteiger charge is 2.45. The summed E-state index contributed by atoms with van der Waals surface area (Å²) in [7, 11) is 3.39. The molecule has 0 aliphatic heterocycles. The van der Waals surface area contributed by atoms with Gasteiger partial charge in [-0.15, -0.1) is 0 Å². The molecule has 1 aromatic carbocycles. The Morgan fingerprint density at radius 1 is 1.18 bits per heavy atom. The van der Waals surface area contributed by atoms with Crippen LogP contribution >= 0.6 is 0 Å². The van der Waals surface area contributed by atoms with Crippen molar-refractivity contribution in [1.82, 2.24) is 0 Å². The summed E-state index contributed by atoms with van der Waals surface area (Å²) in [5.74, 6) is 1.71.